The van der Waals surface area contributed by atoms with Crippen molar-refractivity contribution in [3.63, 3.8) is 0 Å². The van der Waals surface area contributed by atoms with Gasteiger partial charge in [0.2, 0.25) is 11.8 Å². The predicted molar refractivity (Wildman–Crippen MR) is 175 cm³/mol. The molecular formula is C37H44N2O7. The van der Waals surface area contributed by atoms with Crippen molar-refractivity contribution in [1.29, 1.82) is 0 Å². The van der Waals surface area contributed by atoms with Gasteiger partial charge in [-0.1, -0.05) is 84.9 Å². The van der Waals surface area contributed by atoms with Crippen LogP contribution in [-0.4, -0.2) is 55.3 Å². The van der Waals surface area contributed by atoms with Crippen LogP contribution >= 0.6 is 0 Å². The van der Waals surface area contributed by atoms with E-state index in [9.17, 15) is 19.5 Å². The van der Waals surface area contributed by atoms with E-state index in [4.69, 9.17) is 14.2 Å². The Hall–Kier alpha value is -4.47. The number of methoxy groups -OCH3 is 1. The van der Waals surface area contributed by atoms with E-state index >= 15 is 0 Å². The number of esters is 1. The van der Waals surface area contributed by atoms with Crippen molar-refractivity contribution >= 4 is 17.8 Å². The highest BCUT2D eigenvalue weighted by Gasteiger charge is 2.31. The molecule has 0 saturated heterocycles. The van der Waals surface area contributed by atoms with Crippen LogP contribution in [0.1, 0.15) is 54.9 Å². The van der Waals surface area contributed by atoms with Gasteiger partial charge < -0.3 is 30.0 Å². The molecule has 1 aliphatic rings. The lowest BCUT2D eigenvalue weighted by Crippen LogP contribution is -2.47. The summed E-state index contributed by atoms with van der Waals surface area (Å²) in [5.74, 6) is -0.981. The van der Waals surface area contributed by atoms with Gasteiger partial charge in [0.05, 0.1) is 31.2 Å². The molecule has 0 fully saturated rings. The van der Waals surface area contributed by atoms with E-state index in [0.29, 0.717) is 32.3 Å². The highest BCUT2D eigenvalue weighted by molar-refractivity contribution is 5.86. The first-order chi connectivity index (χ1) is 22.4. The Labute approximate surface area is 271 Å². The molecule has 3 aromatic rings. The average Bonchev–Trinajstić information content (AvgIpc) is 3.08. The minimum absolute atomic E-state index is 0.0750. The monoisotopic (exact) mass is 628 g/mol. The van der Waals surface area contributed by atoms with Crippen molar-refractivity contribution in [3.05, 3.63) is 114 Å². The molecule has 9 nitrogen and oxygen atoms in total. The molecule has 0 saturated carbocycles. The smallest absolute Gasteiger partial charge is 0.306 e. The number of aliphatic hydroxyl groups excluding tert-OH is 1. The molecule has 0 bridgehead atoms. The van der Waals surface area contributed by atoms with E-state index in [1.54, 1.807) is 0 Å². The number of carbonyl (C=O) groups excluding carboxylic acids is 3. The number of ether oxygens (including phenoxy) is 3. The summed E-state index contributed by atoms with van der Waals surface area (Å²) in [6, 6.07) is 25.5. The van der Waals surface area contributed by atoms with Gasteiger partial charge in [-0.15, -0.1) is 0 Å². The third kappa shape index (κ3) is 11.2. The molecule has 1 aliphatic heterocycles. The maximum atomic E-state index is 13.6. The quantitative estimate of drug-likeness (QED) is 0.194. The standard InChI is InChI=1S/C37H44N2O7/c1-44-26-33-36(29-14-9-5-10-15-29)46-35(42)17-11-3-2-8-16-30(37(43)39-33)23-34(41)38-31(24-40)22-27-18-20-32(21-19-27)45-25-28-12-6-4-7-13-28/h2,4-10,12-15,18-21,30-31,33,36,40H,3,11,16-17,22-26H2,1H3,(H,38,41)(H,39,43). The Morgan fingerprint density at radius 3 is 2.39 bits per heavy atom. The van der Waals surface area contributed by atoms with Gasteiger partial charge >= 0.3 is 5.97 Å². The molecule has 1 heterocycles. The molecule has 0 radical (unpaired) electrons. The van der Waals surface area contributed by atoms with Crippen molar-refractivity contribution in [2.24, 2.45) is 5.92 Å². The van der Waals surface area contributed by atoms with Gasteiger partial charge in [0.1, 0.15) is 18.5 Å². The number of nitrogens with one attached hydrogen (secondary N) is 2. The first kappa shape index (κ1) is 34.4. The molecule has 3 aromatic carbocycles. The van der Waals surface area contributed by atoms with Crippen molar-refractivity contribution in [2.75, 3.05) is 20.3 Å². The molecule has 4 atom stereocenters. The van der Waals surface area contributed by atoms with E-state index in [-0.39, 0.29) is 43.8 Å². The summed E-state index contributed by atoms with van der Waals surface area (Å²) in [5, 5.41) is 16.0. The molecule has 244 valence electrons. The summed E-state index contributed by atoms with van der Waals surface area (Å²) < 4.78 is 17.1. The van der Waals surface area contributed by atoms with Crippen molar-refractivity contribution in [1.82, 2.24) is 10.6 Å². The van der Waals surface area contributed by atoms with Crippen molar-refractivity contribution < 1.29 is 33.7 Å². The summed E-state index contributed by atoms with van der Waals surface area (Å²) in [6.45, 7) is 0.314. The fraction of sp³-hybridized carbons (Fsp3) is 0.378. The second-order valence-corrected chi connectivity index (χ2v) is 11.5. The molecular weight excluding hydrogens is 584 g/mol. The van der Waals surface area contributed by atoms with Crippen LogP contribution in [0.2, 0.25) is 0 Å². The zero-order chi connectivity index (χ0) is 32.6. The Kier molecular flexibility index (Phi) is 13.8. The van der Waals surface area contributed by atoms with E-state index < -0.39 is 24.1 Å². The van der Waals surface area contributed by atoms with Gasteiger partial charge in [-0.25, -0.2) is 0 Å². The zero-order valence-electron chi connectivity index (χ0n) is 26.3. The Morgan fingerprint density at radius 2 is 1.70 bits per heavy atom. The first-order valence-electron chi connectivity index (χ1n) is 15.8. The van der Waals surface area contributed by atoms with Crippen LogP contribution in [0.3, 0.4) is 0 Å². The molecule has 9 heteroatoms. The Balaban J connectivity index is 1.39. The fourth-order valence-electron chi connectivity index (χ4n) is 5.36. The largest absolute Gasteiger partial charge is 0.489 e. The van der Waals surface area contributed by atoms with Gasteiger partial charge in [0.15, 0.2) is 0 Å². The van der Waals surface area contributed by atoms with Gasteiger partial charge in [0, 0.05) is 20.0 Å². The van der Waals surface area contributed by atoms with Crippen LogP contribution in [0.15, 0.2) is 97.1 Å². The zero-order valence-corrected chi connectivity index (χ0v) is 26.3. The molecule has 46 heavy (non-hydrogen) atoms. The van der Waals surface area contributed by atoms with Crippen LogP contribution in [0.25, 0.3) is 0 Å². The van der Waals surface area contributed by atoms with E-state index in [1.807, 2.05) is 97.1 Å². The van der Waals surface area contributed by atoms with Gasteiger partial charge in [-0.2, -0.15) is 0 Å². The van der Waals surface area contributed by atoms with Crippen LogP contribution in [-0.2, 0) is 36.9 Å². The molecule has 4 unspecified atom stereocenters. The van der Waals surface area contributed by atoms with Crippen LogP contribution < -0.4 is 15.4 Å². The average molecular weight is 629 g/mol. The summed E-state index contributed by atoms with van der Waals surface area (Å²) >= 11 is 0. The molecule has 4 rings (SSSR count). The molecule has 2 amide bonds. The molecule has 0 spiro atoms. The van der Waals surface area contributed by atoms with Crippen LogP contribution in [0.5, 0.6) is 5.75 Å². The molecule has 3 N–H and O–H groups in total. The van der Waals surface area contributed by atoms with Gasteiger partial charge in [-0.05, 0) is 54.5 Å². The highest BCUT2D eigenvalue weighted by Crippen LogP contribution is 2.25. The number of amides is 2. The van der Waals surface area contributed by atoms with Crippen LogP contribution in [0, 0.1) is 5.92 Å². The minimum atomic E-state index is -0.755. The maximum absolute atomic E-state index is 13.6. The topological polar surface area (TPSA) is 123 Å². The third-order valence-electron chi connectivity index (χ3n) is 7.81. The number of hydrogen-bond acceptors (Lipinski definition) is 7. The van der Waals surface area contributed by atoms with Gasteiger partial charge in [0.25, 0.3) is 0 Å². The summed E-state index contributed by atoms with van der Waals surface area (Å²) in [4.78, 5) is 39.5. The van der Waals surface area contributed by atoms with Gasteiger partial charge in [-0.3, -0.25) is 14.4 Å². The predicted octanol–water partition coefficient (Wildman–Crippen LogP) is 4.84. The van der Waals surface area contributed by atoms with E-state index in [1.165, 1.54) is 7.11 Å². The third-order valence-corrected chi connectivity index (χ3v) is 7.81. The summed E-state index contributed by atoms with van der Waals surface area (Å²) in [6.07, 6.45) is 5.24. The second-order valence-electron chi connectivity index (χ2n) is 11.5. The lowest BCUT2D eigenvalue weighted by atomic mass is 9.96. The molecule has 0 aromatic heterocycles. The lowest BCUT2D eigenvalue weighted by molar-refractivity contribution is -0.153. The van der Waals surface area contributed by atoms with E-state index in [2.05, 4.69) is 10.6 Å². The molecule has 0 aliphatic carbocycles. The van der Waals surface area contributed by atoms with E-state index in [0.717, 1.165) is 22.4 Å². The number of aliphatic hydroxyl groups is 1. The normalized spacial score (nSPS) is 19.8. The fourth-order valence-corrected chi connectivity index (χ4v) is 5.36. The highest BCUT2D eigenvalue weighted by atomic mass is 16.5. The SMILES string of the molecule is COCC1NC(=O)C(CC(=O)NC(CO)Cc2ccc(OCc3ccccc3)cc2)CC=CCCCC(=O)OC1c1ccccc1. The number of carbonyl (C=O) groups is 3. The van der Waals surface area contributed by atoms with Crippen LogP contribution in [0.4, 0.5) is 0 Å². The summed E-state index contributed by atoms with van der Waals surface area (Å²) in [5.41, 5.74) is 2.74. The number of benzene rings is 3. The summed E-state index contributed by atoms with van der Waals surface area (Å²) in [7, 11) is 1.52. The Morgan fingerprint density at radius 1 is 0.978 bits per heavy atom. The second kappa shape index (κ2) is 18.5. The maximum Gasteiger partial charge on any atom is 0.306 e. The lowest BCUT2D eigenvalue weighted by Gasteiger charge is -2.29. The number of cyclic esters (lactones) is 1. The van der Waals surface area contributed by atoms with Crippen molar-refractivity contribution in [3.8, 4) is 5.75 Å². The Bertz CT molecular complexity index is 1400. The minimum Gasteiger partial charge on any atom is -0.489 e. The number of hydrogen-bond donors (Lipinski definition) is 3. The first-order valence-corrected chi connectivity index (χ1v) is 15.8. The van der Waals surface area contributed by atoms with Crippen molar-refractivity contribution in [2.45, 2.75) is 63.3 Å². The number of allylic oxidation sites excluding steroid dienone is 2. The number of rotatable bonds is 12.